The Labute approximate surface area is 186 Å². The second-order valence-electron chi connectivity index (χ2n) is 7.24. The lowest BCUT2D eigenvalue weighted by atomic mass is 9.95. The molecular formula is C22H26BN3O6. The third-order valence-corrected chi connectivity index (χ3v) is 5.17. The molecule has 0 aromatic heterocycles. The molecule has 0 saturated heterocycles. The van der Waals surface area contributed by atoms with Crippen LogP contribution in [-0.2, 0) is 4.74 Å². The summed E-state index contributed by atoms with van der Waals surface area (Å²) in [7, 11) is 0.432. The van der Waals surface area contributed by atoms with Crippen LogP contribution in [0.2, 0.25) is 6.82 Å². The number of ether oxygens (including phenoxy) is 1. The van der Waals surface area contributed by atoms with Crippen LogP contribution in [0.25, 0.3) is 11.1 Å². The zero-order valence-corrected chi connectivity index (χ0v) is 17.8. The molecule has 1 aliphatic carbocycles. The van der Waals surface area contributed by atoms with Gasteiger partial charge in [0.2, 0.25) is 7.41 Å². The average molecular weight is 439 g/mol. The van der Waals surface area contributed by atoms with Gasteiger partial charge in [0.25, 0.3) is 11.8 Å². The van der Waals surface area contributed by atoms with Gasteiger partial charge >= 0.3 is 6.09 Å². The van der Waals surface area contributed by atoms with Crippen molar-refractivity contribution in [1.82, 2.24) is 15.9 Å². The maximum absolute atomic E-state index is 12.4. The third-order valence-electron chi connectivity index (χ3n) is 5.17. The highest BCUT2D eigenvalue weighted by Crippen LogP contribution is 2.45. The van der Waals surface area contributed by atoms with E-state index in [9.17, 15) is 14.4 Å². The lowest BCUT2D eigenvalue weighted by Gasteiger charge is -2.16. The summed E-state index contributed by atoms with van der Waals surface area (Å²) in [6, 6.07) is 10.6. The summed E-state index contributed by atoms with van der Waals surface area (Å²) in [6.07, 6.45) is -0.545. The third kappa shape index (κ3) is 5.09. The molecule has 0 spiro atoms. The molecule has 168 valence electrons. The first-order chi connectivity index (χ1) is 15.5. The first kappa shape index (κ1) is 23.3. The van der Waals surface area contributed by atoms with E-state index in [-0.39, 0.29) is 50.6 Å². The number of hydrogen-bond acceptors (Lipinski definition) is 6. The van der Waals surface area contributed by atoms with Crippen molar-refractivity contribution in [1.29, 1.82) is 0 Å². The highest BCUT2D eigenvalue weighted by Gasteiger charge is 2.31. The van der Waals surface area contributed by atoms with Gasteiger partial charge in [-0.3, -0.25) is 9.59 Å². The fourth-order valence-electron chi connectivity index (χ4n) is 3.72. The number of nitrogens with one attached hydrogen (secondary N) is 3. The van der Waals surface area contributed by atoms with Crippen LogP contribution in [0.3, 0.4) is 0 Å². The second-order valence-corrected chi connectivity index (χ2v) is 7.24. The molecule has 0 saturated carbocycles. The highest BCUT2D eigenvalue weighted by molar-refractivity contribution is 6.34. The van der Waals surface area contributed by atoms with E-state index in [1.807, 2.05) is 12.1 Å². The summed E-state index contributed by atoms with van der Waals surface area (Å²) in [4.78, 5) is 36.7. The average Bonchev–Trinajstić information content (AvgIpc) is 3.11. The van der Waals surface area contributed by atoms with Crippen molar-refractivity contribution in [3.63, 3.8) is 0 Å². The van der Waals surface area contributed by atoms with E-state index in [0.717, 1.165) is 22.3 Å². The molecule has 0 radical (unpaired) electrons. The molecule has 32 heavy (non-hydrogen) atoms. The Bertz CT molecular complexity index is 944. The summed E-state index contributed by atoms with van der Waals surface area (Å²) in [5.74, 6) is -0.991. The molecule has 10 heteroatoms. The predicted octanol–water partition coefficient (Wildman–Crippen LogP) is 0.369. The van der Waals surface area contributed by atoms with E-state index in [4.69, 9.17) is 14.9 Å². The number of hydrogen-bond donors (Lipinski definition) is 5. The fraction of sp³-hybridized carbons (Fsp3) is 0.318. The van der Waals surface area contributed by atoms with Gasteiger partial charge in [-0.2, -0.15) is 0 Å². The topological polar surface area (TPSA) is 137 Å². The van der Waals surface area contributed by atoms with Crippen LogP contribution < -0.4 is 15.9 Å². The van der Waals surface area contributed by atoms with Crippen LogP contribution in [-0.4, -0.2) is 68.4 Å². The van der Waals surface area contributed by atoms with E-state index in [1.54, 1.807) is 31.1 Å². The summed E-state index contributed by atoms with van der Waals surface area (Å²) in [5.41, 5.74) is 4.27. The Balaban J connectivity index is 1.96. The number of carbonyl (C=O) groups is 3. The molecule has 1 aliphatic rings. The first-order valence-electron chi connectivity index (χ1n) is 10.5. The lowest BCUT2D eigenvalue weighted by Crippen LogP contribution is -2.28. The lowest BCUT2D eigenvalue weighted by molar-refractivity contribution is 0.0937. The van der Waals surface area contributed by atoms with E-state index < -0.39 is 6.09 Å². The smallest absolute Gasteiger partial charge is 0.394 e. The summed E-state index contributed by atoms with van der Waals surface area (Å²) in [6.45, 7) is 1.79. The fourth-order valence-corrected chi connectivity index (χ4v) is 3.72. The minimum absolute atomic E-state index is 0.0370. The van der Waals surface area contributed by atoms with Crippen LogP contribution in [0.1, 0.15) is 37.8 Å². The molecule has 3 amide bonds. The van der Waals surface area contributed by atoms with Crippen LogP contribution in [0, 0.1) is 0 Å². The number of carbonyl (C=O) groups excluding carboxylic acids is 3. The summed E-state index contributed by atoms with van der Waals surface area (Å²) in [5, 5.41) is 25.7. The molecule has 2 aromatic rings. The van der Waals surface area contributed by atoms with Crippen molar-refractivity contribution in [3.8, 4) is 11.1 Å². The number of aliphatic hydroxyl groups excluding tert-OH is 2. The molecule has 0 atom stereocenters. The Hall–Kier alpha value is -3.37. The molecule has 2 aromatic carbocycles. The number of rotatable bonds is 9. The quantitative estimate of drug-likeness (QED) is 0.358. The molecule has 0 aliphatic heterocycles. The maximum Gasteiger partial charge on any atom is 0.394 e. The van der Waals surface area contributed by atoms with Gasteiger partial charge in [0.15, 0.2) is 0 Å². The van der Waals surface area contributed by atoms with E-state index >= 15 is 0 Å². The van der Waals surface area contributed by atoms with E-state index in [0.29, 0.717) is 18.5 Å². The van der Waals surface area contributed by atoms with Crippen molar-refractivity contribution in [3.05, 3.63) is 58.7 Å². The van der Waals surface area contributed by atoms with Crippen molar-refractivity contribution in [2.24, 2.45) is 0 Å². The molecule has 0 fully saturated rings. The first-order valence-corrected chi connectivity index (χ1v) is 10.5. The van der Waals surface area contributed by atoms with Gasteiger partial charge in [0.1, 0.15) is 6.61 Å². The molecule has 0 heterocycles. The van der Waals surface area contributed by atoms with Crippen LogP contribution in [0.5, 0.6) is 0 Å². The molecular weight excluding hydrogens is 413 g/mol. The van der Waals surface area contributed by atoms with Crippen molar-refractivity contribution in [2.75, 3.05) is 32.9 Å². The minimum Gasteiger partial charge on any atom is -0.449 e. The zero-order chi connectivity index (χ0) is 23.1. The predicted molar refractivity (Wildman–Crippen MR) is 120 cm³/mol. The normalized spacial score (nSPS) is 11.8. The van der Waals surface area contributed by atoms with Gasteiger partial charge in [-0.1, -0.05) is 19.0 Å². The van der Waals surface area contributed by atoms with Crippen LogP contribution in [0.15, 0.2) is 36.4 Å². The van der Waals surface area contributed by atoms with Crippen molar-refractivity contribution >= 4 is 25.3 Å². The Kier molecular flexibility index (Phi) is 7.85. The SMILES string of the molecule is CBNC(=O)OCC1c2cc(C(=O)NCCO)ccc2-c2ccc(C(=O)NCCO)cc21. The van der Waals surface area contributed by atoms with Gasteiger partial charge in [-0.15, -0.1) is 0 Å². The standard InChI is InChI=1S/C22H26BN3O6/c1-23-26-22(31)32-12-19-17-10-13(20(29)24-6-8-27)2-4-15(17)16-5-3-14(11-18(16)19)21(30)25-7-9-28/h2-5,10-11,19,23,27-28H,6-9,12H2,1H3,(H,24,29)(H,25,30)(H,26,31). The number of amides is 3. The molecule has 0 bridgehead atoms. The number of aliphatic hydroxyl groups is 2. The van der Waals surface area contributed by atoms with Gasteiger partial charge in [0.05, 0.1) is 13.2 Å². The van der Waals surface area contributed by atoms with Crippen LogP contribution in [0.4, 0.5) is 4.79 Å². The monoisotopic (exact) mass is 439 g/mol. The number of fused-ring (bicyclic) bond motifs is 3. The molecule has 0 unspecified atom stereocenters. The second kappa shape index (κ2) is 10.8. The van der Waals surface area contributed by atoms with Crippen molar-refractivity contribution in [2.45, 2.75) is 12.7 Å². The van der Waals surface area contributed by atoms with Crippen LogP contribution >= 0.6 is 0 Å². The Morgan fingerprint density at radius 3 is 1.84 bits per heavy atom. The molecule has 9 nitrogen and oxygen atoms in total. The molecule has 3 rings (SSSR count). The minimum atomic E-state index is -0.545. The van der Waals surface area contributed by atoms with E-state index in [2.05, 4.69) is 15.9 Å². The summed E-state index contributed by atoms with van der Waals surface area (Å²) >= 11 is 0. The van der Waals surface area contributed by atoms with Gasteiger partial charge in [-0.05, 0) is 46.5 Å². The van der Waals surface area contributed by atoms with Crippen molar-refractivity contribution < 1.29 is 29.3 Å². The Morgan fingerprint density at radius 1 is 0.906 bits per heavy atom. The zero-order valence-electron chi connectivity index (χ0n) is 17.8. The van der Waals surface area contributed by atoms with Gasteiger partial charge in [-0.25, -0.2) is 4.79 Å². The highest BCUT2D eigenvalue weighted by atomic mass is 16.5. The number of benzene rings is 2. The van der Waals surface area contributed by atoms with E-state index in [1.165, 1.54) is 0 Å². The largest absolute Gasteiger partial charge is 0.449 e. The summed E-state index contributed by atoms with van der Waals surface area (Å²) < 4.78 is 5.39. The maximum atomic E-state index is 12.4. The van der Waals surface area contributed by atoms with Gasteiger partial charge in [0, 0.05) is 30.1 Å². The molecule has 5 N–H and O–H groups in total. The van der Waals surface area contributed by atoms with Gasteiger partial charge < -0.3 is 30.8 Å². The Morgan fingerprint density at radius 2 is 1.41 bits per heavy atom.